The second kappa shape index (κ2) is 7.94. The van der Waals surface area contributed by atoms with Crippen molar-refractivity contribution < 1.29 is 9.59 Å². The van der Waals surface area contributed by atoms with E-state index in [0.29, 0.717) is 18.8 Å². The van der Waals surface area contributed by atoms with E-state index in [1.807, 2.05) is 41.1 Å². The Hall–Kier alpha value is -2.63. The molecule has 1 aliphatic heterocycles. The standard InChI is InChI=1S/C21H26N4O2/c26-19(22-17-10-6-1-2-7-11-17)15-24-20-14-18(16-8-4-3-5-9-16)23-25(20)13-12-21(24)27/h3-5,8-9,14,17H,1-2,6-7,10-13,15H2,(H,22,26). The molecular weight excluding hydrogens is 340 g/mol. The van der Waals surface area contributed by atoms with Gasteiger partial charge in [-0.25, -0.2) is 4.68 Å². The fraction of sp³-hybridized carbons (Fsp3) is 0.476. The van der Waals surface area contributed by atoms with Crippen molar-refractivity contribution in [1.29, 1.82) is 0 Å². The highest BCUT2D eigenvalue weighted by atomic mass is 16.2. The van der Waals surface area contributed by atoms with Gasteiger partial charge in [0.1, 0.15) is 12.4 Å². The zero-order valence-electron chi connectivity index (χ0n) is 15.6. The number of carbonyl (C=O) groups is 2. The first kappa shape index (κ1) is 17.8. The lowest BCUT2D eigenvalue weighted by atomic mass is 10.1. The van der Waals surface area contributed by atoms with Gasteiger partial charge >= 0.3 is 0 Å². The Kier molecular flexibility index (Phi) is 5.23. The van der Waals surface area contributed by atoms with Crippen LogP contribution in [-0.2, 0) is 16.1 Å². The van der Waals surface area contributed by atoms with E-state index in [1.165, 1.54) is 25.7 Å². The van der Waals surface area contributed by atoms with Crippen LogP contribution >= 0.6 is 0 Å². The zero-order valence-corrected chi connectivity index (χ0v) is 15.6. The van der Waals surface area contributed by atoms with Crippen molar-refractivity contribution in [3.05, 3.63) is 36.4 Å². The normalized spacial score (nSPS) is 18.1. The number of amides is 2. The van der Waals surface area contributed by atoms with E-state index in [0.717, 1.165) is 24.1 Å². The molecule has 4 rings (SSSR count). The number of rotatable bonds is 4. The predicted molar refractivity (Wildman–Crippen MR) is 104 cm³/mol. The lowest BCUT2D eigenvalue weighted by Gasteiger charge is -2.27. The monoisotopic (exact) mass is 366 g/mol. The van der Waals surface area contributed by atoms with Gasteiger partial charge in [0, 0.05) is 24.1 Å². The second-order valence-corrected chi connectivity index (χ2v) is 7.46. The Morgan fingerprint density at radius 3 is 2.59 bits per heavy atom. The molecule has 0 atom stereocenters. The maximum Gasteiger partial charge on any atom is 0.240 e. The van der Waals surface area contributed by atoms with Crippen LogP contribution in [0.3, 0.4) is 0 Å². The molecule has 1 N–H and O–H groups in total. The topological polar surface area (TPSA) is 67.2 Å². The number of anilines is 1. The number of hydrogen-bond acceptors (Lipinski definition) is 3. The van der Waals surface area contributed by atoms with Crippen molar-refractivity contribution in [2.75, 3.05) is 11.4 Å². The van der Waals surface area contributed by atoms with Crippen LogP contribution in [0.1, 0.15) is 44.9 Å². The van der Waals surface area contributed by atoms with Gasteiger partial charge in [-0.15, -0.1) is 0 Å². The van der Waals surface area contributed by atoms with Gasteiger partial charge in [-0.05, 0) is 12.8 Å². The SMILES string of the molecule is O=C(CN1C(=O)CCn2nc(-c3ccccc3)cc21)NC1CCCCCC1. The van der Waals surface area contributed by atoms with Gasteiger partial charge in [-0.1, -0.05) is 56.0 Å². The summed E-state index contributed by atoms with van der Waals surface area (Å²) in [4.78, 5) is 26.7. The maximum absolute atomic E-state index is 12.6. The maximum atomic E-state index is 12.6. The number of carbonyl (C=O) groups excluding carboxylic acids is 2. The Morgan fingerprint density at radius 2 is 1.85 bits per heavy atom. The third kappa shape index (κ3) is 4.04. The molecule has 1 saturated carbocycles. The highest BCUT2D eigenvalue weighted by Gasteiger charge is 2.28. The third-order valence-electron chi connectivity index (χ3n) is 5.47. The third-order valence-corrected chi connectivity index (χ3v) is 5.47. The first-order valence-electron chi connectivity index (χ1n) is 9.94. The quantitative estimate of drug-likeness (QED) is 0.846. The minimum atomic E-state index is -0.0776. The molecule has 142 valence electrons. The zero-order chi connectivity index (χ0) is 18.6. The van der Waals surface area contributed by atoms with Crippen LogP contribution in [0, 0.1) is 0 Å². The smallest absolute Gasteiger partial charge is 0.240 e. The number of fused-ring (bicyclic) bond motifs is 1. The van der Waals surface area contributed by atoms with Crippen molar-refractivity contribution in [3.8, 4) is 11.3 Å². The number of aryl methyl sites for hydroxylation is 1. The summed E-state index contributed by atoms with van der Waals surface area (Å²) in [6, 6.07) is 12.1. The highest BCUT2D eigenvalue weighted by molar-refractivity contribution is 5.99. The second-order valence-electron chi connectivity index (χ2n) is 7.46. The molecule has 6 heteroatoms. The molecule has 1 aromatic carbocycles. The van der Waals surface area contributed by atoms with Crippen molar-refractivity contribution in [1.82, 2.24) is 15.1 Å². The van der Waals surface area contributed by atoms with Gasteiger partial charge in [0.15, 0.2) is 0 Å². The van der Waals surface area contributed by atoms with Crippen molar-refractivity contribution in [2.24, 2.45) is 0 Å². The number of nitrogens with one attached hydrogen (secondary N) is 1. The lowest BCUT2D eigenvalue weighted by molar-refractivity contribution is -0.124. The number of nitrogens with zero attached hydrogens (tertiary/aromatic N) is 3. The first-order valence-corrected chi connectivity index (χ1v) is 9.94. The van der Waals surface area contributed by atoms with Gasteiger partial charge in [0.25, 0.3) is 0 Å². The Morgan fingerprint density at radius 1 is 1.11 bits per heavy atom. The van der Waals surface area contributed by atoms with E-state index < -0.39 is 0 Å². The average Bonchev–Trinajstić information content (AvgIpc) is 2.96. The van der Waals surface area contributed by atoms with Gasteiger partial charge in [0.05, 0.1) is 12.2 Å². The van der Waals surface area contributed by atoms with Crippen molar-refractivity contribution >= 4 is 17.6 Å². The summed E-state index contributed by atoms with van der Waals surface area (Å²) in [6.45, 7) is 0.622. The van der Waals surface area contributed by atoms with E-state index in [1.54, 1.807) is 4.90 Å². The fourth-order valence-corrected chi connectivity index (χ4v) is 4.01. The molecule has 27 heavy (non-hydrogen) atoms. The first-order chi connectivity index (χ1) is 13.2. The van der Waals surface area contributed by atoms with E-state index in [-0.39, 0.29) is 24.4 Å². The van der Waals surface area contributed by atoms with E-state index in [4.69, 9.17) is 0 Å². The highest BCUT2D eigenvalue weighted by Crippen LogP contribution is 2.28. The van der Waals surface area contributed by atoms with Crippen LogP contribution in [0.15, 0.2) is 36.4 Å². The molecule has 0 unspecified atom stereocenters. The average molecular weight is 366 g/mol. The van der Waals surface area contributed by atoms with Crippen molar-refractivity contribution in [2.45, 2.75) is 57.5 Å². The summed E-state index contributed by atoms with van der Waals surface area (Å²) in [5.74, 6) is 0.616. The number of hydrogen-bond donors (Lipinski definition) is 1. The molecule has 2 heterocycles. The minimum Gasteiger partial charge on any atom is -0.352 e. The molecule has 0 radical (unpaired) electrons. The summed E-state index contributed by atoms with van der Waals surface area (Å²) < 4.78 is 1.84. The van der Waals surface area contributed by atoms with Crippen LogP contribution in [-0.4, -0.2) is 34.2 Å². The molecule has 0 bridgehead atoms. The lowest BCUT2D eigenvalue weighted by Crippen LogP contribution is -2.46. The molecule has 2 aliphatic rings. The van der Waals surface area contributed by atoms with Crippen LogP contribution in [0.2, 0.25) is 0 Å². The van der Waals surface area contributed by atoms with E-state index in [9.17, 15) is 9.59 Å². The fourth-order valence-electron chi connectivity index (χ4n) is 4.01. The summed E-state index contributed by atoms with van der Waals surface area (Å²) in [7, 11) is 0. The van der Waals surface area contributed by atoms with Crippen molar-refractivity contribution in [3.63, 3.8) is 0 Å². The van der Waals surface area contributed by atoms with Gasteiger partial charge < -0.3 is 5.32 Å². The van der Waals surface area contributed by atoms with Gasteiger partial charge in [-0.3, -0.25) is 14.5 Å². The van der Waals surface area contributed by atoms with E-state index >= 15 is 0 Å². The molecule has 1 aromatic heterocycles. The largest absolute Gasteiger partial charge is 0.352 e. The molecule has 6 nitrogen and oxygen atoms in total. The summed E-state index contributed by atoms with van der Waals surface area (Å²) in [5.41, 5.74) is 1.84. The Balaban J connectivity index is 1.49. The van der Waals surface area contributed by atoms with Gasteiger partial charge in [-0.2, -0.15) is 5.10 Å². The molecule has 1 aliphatic carbocycles. The molecular formula is C21H26N4O2. The van der Waals surface area contributed by atoms with Crippen LogP contribution in [0.25, 0.3) is 11.3 Å². The summed E-state index contributed by atoms with van der Waals surface area (Å²) in [6.07, 6.45) is 7.28. The Bertz CT molecular complexity index is 807. The predicted octanol–water partition coefficient (Wildman–Crippen LogP) is 3.13. The molecule has 0 saturated heterocycles. The number of benzene rings is 1. The van der Waals surface area contributed by atoms with Gasteiger partial charge in [0.2, 0.25) is 11.8 Å². The Labute approximate surface area is 159 Å². The van der Waals surface area contributed by atoms with Crippen LogP contribution < -0.4 is 10.2 Å². The number of aromatic nitrogens is 2. The molecule has 2 aromatic rings. The van der Waals surface area contributed by atoms with Crippen LogP contribution in [0.5, 0.6) is 0 Å². The summed E-state index contributed by atoms with van der Waals surface area (Å²) in [5, 5.41) is 7.77. The summed E-state index contributed by atoms with van der Waals surface area (Å²) >= 11 is 0. The van der Waals surface area contributed by atoms with E-state index in [2.05, 4.69) is 10.4 Å². The molecule has 1 fully saturated rings. The molecule has 0 spiro atoms. The van der Waals surface area contributed by atoms with Crippen LogP contribution in [0.4, 0.5) is 5.82 Å². The minimum absolute atomic E-state index is 0.0157. The molecule has 2 amide bonds.